The Hall–Kier alpha value is -2.37. The van der Waals surface area contributed by atoms with Crippen LogP contribution in [0.5, 0.6) is 0 Å². The van der Waals surface area contributed by atoms with Crippen LogP contribution in [-0.4, -0.2) is 52.2 Å². The first-order valence-corrected chi connectivity index (χ1v) is 13.9. The maximum absolute atomic E-state index is 13.4. The summed E-state index contributed by atoms with van der Waals surface area (Å²) in [6.07, 6.45) is -0.830. The SMILES string of the molecule is CC(C)Sc1sc(C(=O)N2CCC(c3cccc(CN)c3)CC2)c2c1C(=O)CCC2.O=C(O)C(F)(F)F. The summed E-state index contributed by atoms with van der Waals surface area (Å²) in [5.41, 5.74) is 10.2. The van der Waals surface area contributed by atoms with E-state index in [1.165, 1.54) is 5.56 Å². The molecule has 0 atom stereocenters. The van der Waals surface area contributed by atoms with Gasteiger partial charge in [-0.25, -0.2) is 4.79 Å². The van der Waals surface area contributed by atoms with Gasteiger partial charge in [0.15, 0.2) is 5.78 Å². The van der Waals surface area contributed by atoms with Gasteiger partial charge in [0, 0.05) is 36.9 Å². The highest BCUT2D eigenvalue weighted by Crippen LogP contribution is 2.42. The van der Waals surface area contributed by atoms with Gasteiger partial charge in [0.25, 0.3) is 5.91 Å². The molecule has 2 heterocycles. The average molecular weight is 557 g/mol. The van der Waals surface area contributed by atoms with Crippen molar-refractivity contribution >= 4 is 40.8 Å². The Kier molecular flexibility index (Phi) is 9.82. The van der Waals surface area contributed by atoms with Gasteiger partial charge in [0.1, 0.15) is 0 Å². The molecule has 3 N–H and O–H groups in total. The first-order chi connectivity index (χ1) is 17.4. The number of amides is 1. The van der Waals surface area contributed by atoms with E-state index in [4.69, 9.17) is 15.6 Å². The van der Waals surface area contributed by atoms with E-state index in [1.807, 2.05) is 4.90 Å². The molecule has 202 valence electrons. The molecule has 0 unspecified atom stereocenters. The number of carbonyl (C=O) groups is 3. The van der Waals surface area contributed by atoms with Crippen LogP contribution in [0.2, 0.25) is 0 Å². The zero-order valence-corrected chi connectivity index (χ0v) is 22.4. The number of nitrogens with zero attached hydrogens (tertiary/aromatic N) is 1. The van der Waals surface area contributed by atoms with Crippen LogP contribution in [0.15, 0.2) is 28.5 Å². The van der Waals surface area contributed by atoms with Gasteiger partial charge in [-0.05, 0) is 48.3 Å². The Morgan fingerprint density at radius 3 is 2.43 bits per heavy atom. The molecule has 37 heavy (non-hydrogen) atoms. The number of carbonyl (C=O) groups excluding carboxylic acids is 2. The third-order valence-electron chi connectivity index (χ3n) is 6.30. The Bertz CT molecular complexity index is 1140. The lowest BCUT2D eigenvalue weighted by molar-refractivity contribution is -0.192. The summed E-state index contributed by atoms with van der Waals surface area (Å²) in [6.45, 7) is 6.36. The van der Waals surface area contributed by atoms with Crippen LogP contribution in [0.1, 0.15) is 82.2 Å². The van der Waals surface area contributed by atoms with Crippen molar-refractivity contribution in [1.29, 1.82) is 0 Å². The molecule has 0 radical (unpaired) electrons. The van der Waals surface area contributed by atoms with Crippen molar-refractivity contribution in [2.45, 2.75) is 74.0 Å². The third kappa shape index (κ3) is 7.36. The number of piperidine rings is 1. The number of fused-ring (bicyclic) bond motifs is 1. The molecule has 6 nitrogen and oxygen atoms in total. The molecule has 1 aliphatic heterocycles. The Balaban J connectivity index is 0.000000479. The molecular formula is C26H31F3N2O4S2. The molecule has 1 aromatic carbocycles. The molecule has 2 aliphatic rings. The number of aliphatic carboxylic acids is 1. The molecule has 1 aliphatic carbocycles. The molecule has 11 heteroatoms. The fraction of sp³-hybridized carbons (Fsp3) is 0.500. The van der Waals surface area contributed by atoms with Gasteiger partial charge in [-0.2, -0.15) is 13.2 Å². The first-order valence-electron chi connectivity index (χ1n) is 12.2. The van der Waals surface area contributed by atoms with Crippen molar-refractivity contribution < 1.29 is 32.7 Å². The summed E-state index contributed by atoms with van der Waals surface area (Å²) in [7, 11) is 0. The van der Waals surface area contributed by atoms with Gasteiger partial charge < -0.3 is 15.7 Å². The number of hydrogen-bond acceptors (Lipinski definition) is 6. The number of thiophene rings is 1. The number of alkyl halides is 3. The van der Waals surface area contributed by atoms with Crippen molar-refractivity contribution in [2.75, 3.05) is 13.1 Å². The number of carboxylic acid groups (broad SMARTS) is 1. The van der Waals surface area contributed by atoms with Crippen LogP contribution >= 0.6 is 23.1 Å². The van der Waals surface area contributed by atoms with Crippen LogP contribution in [0, 0.1) is 0 Å². The monoisotopic (exact) mass is 556 g/mol. The second-order valence-electron chi connectivity index (χ2n) is 9.33. The van der Waals surface area contributed by atoms with Crippen molar-refractivity contribution in [3.8, 4) is 0 Å². The van der Waals surface area contributed by atoms with Crippen LogP contribution in [-0.2, 0) is 17.8 Å². The predicted octanol–water partition coefficient (Wildman–Crippen LogP) is 5.88. The topological polar surface area (TPSA) is 101 Å². The molecular weight excluding hydrogens is 525 g/mol. The van der Waals surface area contributed by atoms with E-state index in [-0.39, 0.29) is 11.7 Å². The highest BCUT2D eigenvalue weighted by atomic mass is 32.2. The summed E-state index contributed by atoms with van der Waals surface area (Å²) < 4.78 is 32.8. The third-order valence-corrected chi connectivity index (χ3v) is 8.75. The van der Waals surface area contributed by atoms with E-state index in [9.17, 15) is 22.8 Å². The zero-order valence-electron chi connectivity index (χ0n) is 20.8. The van der Waals surface area contributed by atoms with Crippen molar-refractivity contribution in [3.05, 3.63) is 51.4 Å². The highest BCUT2D eigenvalue weighted by Gasteiger charge is 2.38. The summed E-state index contributed by atoms with van der Waals surface area (Å²) >= 11 is 3.27. The molecule has 0 saturated carbocycles. The normalized spacial score (nSPS) is 16.3. The molecule has 1 aromatic heterocycles. The smallest absolute Gasteiger partial charge is 0.475 e. The number of ketones is 1. The standard InChI is InChI=1S/C24H30N2O2S2.C2HF3O2/c1-15(2)29-24-21-19(7-4-8-20(21)27)22(30-24)23(28)26-11-9-17(10-12-26)18-6-3-5-16(13-18)14-25;3-2(4,5)1(6)7/h3,5-6,13,15,17H,4,7-12,14,25H2,1-2H3;(H,6,7). The molecule has 1 amide bonds. The van der Waals surface area contributed by atoms with Crippen LogP contribution < -0.4 is 5.73 Å². The van der Waals surface area contributed by atoms with E-state index in [0.717, 1.165) is 64.5 Å². The van der Waals surface area contributed by atoms with Gasteiger partial charge in [-0.1, -0.05) is 38.1 Å². The van der Waals surface area contributed by atoms with Gasteiger partial charge in [-0.3, -0.25) is 9.59 Å². The number of hydrogen-bond donors (Lipinski definition) is 2. The molecule has 4 rings (SSSR count). The molecule has 1 fully saturated rings. The quantitative estimate of drug-likeness (QED) is 0.446. The Morgan fingerprint density at radius 2 is 1.86 bits per heavy atom. The summed E-state index contributed by atoms with van der Waals surface area (Å²) in [5, 5.41) is 7.52. The maximum atomic E-state index is 13.4. The second-order valence-corrected chi connectivity index (χ2v) is 12.2. The fourth-order valence-corrected chi connectivity index (χ4v) is 7.39. The number of Topliss-reactive ketones (excluding diaryl/α,β-unsaturated/α-hetero) is 1. The first kappa shape index (κ1) is 29.2. The highest BCUT2D eigenvalue weighted by molar-refractivity contribution is 8.01. The molecule has 1 saturated heterocycles. The lowest BCUT2D eigenvalue weighted by Crippen LogP contribution is -2.38. The Morgan fingerprint density at radius 1 is 1.22 bits per heavy atom. The number of carboxylic acids is 1. The van der Waals surface area contributed by atoms with E-state index in [1.54, 1.807) is 23.1 Å². The van der Waals surface area contributed by atoms with Gasteiger partial charge in [-0.15, -0.1) is 23.1 Å². The molecule has 0 bridgehead atoms. The lowest BCUT2D eigenvalue weighted by Gasteiger charge is -2.32. The van der Waals surface area contributed by atoms with Crippen molar-refractivity contribution in [1.82, 2.24) is 4.90 Å². The fourth-order valence-electron chi connectivity index (χ4n) is 4.52. The summed E-state index contributed by atoms with van der Waals surface area (Å²) in [5.74, 6) is -1.94. The maximum Gasteiger partial charge on any atom is 0.490 e. The van der Waals surface area contributed by atoms with E-state index >= 15 is 0 Å². The average Bonchev–Trinajstić information content (AvgIpc) is 3.22. The van der Waals surface area contributed by atoms with Gasteiger partial charge >= 0.3 is 12.1 Å². The number of benzene rings is 1. The van der Waals surface area contributed by atoms with Crippen molar-refractivity contribution in [2.24, 2.45) is 5.73 Å². The van der Waals surface area contributed by atoms with E-state index in [0.29, 0.717) is 24.1 Å². The molecule has 2 aromatic rings. The summed E-state index contributed by atoms with van der Waals surface area (Å²) in [4.78, 5) is 37.7. The lowest BCUT2D eigenvalue weighted by atomic mass is 9.88. The minimum atomic E-state index is -5.08. The number of nitrogens with two attached hydrogens (primary N) is 1. The predicted molar refractivity (Wildman–Crippen MR) is 138 cm³/mol. The number of halogens is 3. The minimum absolute atomic E-state index is 0.121. The van der Waals surface area contributed by atoms with E-state index < -0.39 is 12.1 Å². The number of rotatable bonds is 5. The van der Waals surface area contributed by atoms with Gasteiger partial charge in [0.2, 0.25) is 0 Å². The largest absolute Gasteiger partial charge is 0.490 e. The number of thioether (sulfide) groups is 1. The van der Waals surface area contributed by atoms with Crippen LogP contribution in [0.3, 0.4) is 0 Å². The number of likely N-dealkylation sites (tertiary alicyclic amines) is 1. The van der Waals surface area contributed by atoms with E-state index in [2.05, 4.69) is 38.1 Å². The van der Waals surface area contributed by atoms with Crippen LogP contribution in [0.4, 0.5) is 13.2 Å². The summed E-state index contributed by atoms with van der Waals surface area (Å²) in [6, 6.07) is 8.53. The molecule has 0 spiro atoms. The second kappa shape index (κ2) is 12.4. The minimum Gasteiger partial charge on any atom is -0.475 e. The Labute approximate surface area is 222 Å². The van der Waals surface area contributed by atoms with Crippen molar-refractivity contribution in [3.63, 3.8) is 0 Å². The zero-order chi connectivity index (χ0) is 27.3. The van der Waals surface area contributed by atoms with Gasteiger partial charge in [0.05, 0.1) is 9.09 Å². The van der Waals surface area contributed by atoms with Crippen LogP contribution in [0.25, 0.3) is 0 Å².